The molecular formula is C17H15FN4O2S. The van der Waals surface area contributed by atoms with Crippen LogP contribution in [0.25, 0.3) is 0 Å². The van der Waals surface area contributed by atoms with E-state index >= 15 is 0 Å². The normalized spacial score (nSPS) is 17.4. The van der Waals surface area contributed by atoms with Crippen molar-refractivity contribution in [1.29, 1.82) is 0 Å². The zero-order chi connectivity index (χ0) is 17.2. The quantitative estimate of drug-likeness (QED) is 0.702. The Balaban J connectivity index is 1.51. The Morgan fingerprint density at radius 3 is 3.00 bits per heavy atom. The van der Waals surface area contributed by atoms with Crippen LogP contribution in [0, 0.1) is 5.82 Å². The molecule has 6 nitrogen and oxygen atoms in total. The van der Waals surface area contributed by atoms with Gasteiger partial charge in [-0.15, -0.1) is 16.9 Å². The SMILES string of the molecule is O=C1CS[C@@H](c2cn(Cc3cccc(F)c3)nn2)N1Cc1ccco1. The predicted octanol–water partition coefficient (Wildman–Crippen LogP) is 2.83. The van der Waals surface area contributed by atoms with E-state index < -0.39 is 0 Å². The first-order valence-corrected chi connectivity index (χ1v) is 8.82. The monoisotopic (exact) mass is 358 g/mol. The molecule has 3 heterocycles. The van der Waals surface area contributed by atoms with Crippen LogP contribution in [-0.4, -0.2) is 31.6 Å². The largest absolute Gasteiger partial charge is 0.467 e. The third kappa shape index (κ3) is 3.43. The number of halogens is 1. The molecular weight excluding hydrogens is 343 g/mol. The summed E-state index contributed by atoms with van der Waals surface area (Å²) in [6.45, 7) is 0.828. The van der Waals surface area contributed by atoms with Crippen LogP contribution in [0.15, 0.2) is 53.3 Å². The summed E-state index contributed by atoms with van der Waals surface area (Å²) in [5, 5.41) is 8.12. The smallest absolute Gasteiger partial charge is 0.234 e. The summed E-state index contributed by atoms with van der Waals surface area (Å²) in [6, 6.07) is 10.0. The van der Waals surface area contributed by atoms with Crippen LogP contribution in [0.3, 0.4) is 0 Å². The van der Waals surface area contributed by atoms with E-state index in [4.69, 9.17) is 4.42 Å². The molecule has 0 N–H and O–H groups in total. The molecule has 0 radical (unpaired) electrons. The number of aromatic nitrogens is 3. The second-order valence-electron chi connectivity index (χ2n) is 5.74. The first-order chi connectivity index (χ1) is 12.2. The van der Waals surface area contributed by atoms with Crippen LogP contribution < -0.4 is 0 Å². The van der Waals surface area contributed by atoms with Gasteiger partial charge in [-0.3, -0.25) is 4.79 Å². The number of amides is 1. The van der Waals surface area contributed by atoms with Crippen LogP contribution in [0.1, 0.15) is 22.4 Å². The van der Waals surface area contributed by atoms with Crippen molar-refractivity contribution in [3.05, 3.63) is 71.7 Å². The van der Waals surface area contributed by atoms with Gasteiger partial charge in [0.15, 0.2) is 0 Å². The molecule has 1 saturated heterocycles. The number of rotatable bonds is 5. The molecule has 2 aromatic heterocycles. The number of hydrogen-bond acceptors (Lipinski definition) is 5. The maximum atomic E-state index is 13.3. The Morgan fingerprint density at radius 1 is 1.28 bits per heavy atom. The standard InChI is InChI=1S/C17H15FN4O2S/c18-13-4-1-3-12(7-13)8-21-10-15(19-20-21)17-22(16(23)11-25-17)9-14-5-2-6-24-14/h1-7,10,17H,8-9,11H2/t17-/m0/s1. The third-order valence-corrected chi connectivity index (χ3v) is 5.14. The summed E-state index contributed by atoms with van der Waals surface area (Å²) in [5.74, 6) is 0.903. The number of furan rings is 1. The molecule has 0 saturated carbocycles. The summed E-state index contributed by atoms with van der Waals surface area (Å²) in [7, 11) is 0. The Hall–Kier alpha value is -2.61. The minimum absolute atomic E-state index is 0.0473. The molecule has 1 aromatic carbocycles. The lowest BCUT2D eigenvalue weighted by Crippen LogP contribution is -2.27. The van der Waals surface area contributed by atoms with Crippen LogP contribution in [0.4, 0.5) is 4.39 Å². The van der Waals surface area contributed by atoms with E-state index in [1.807, 2.05) is 12.1 Å². The van der Waals surface area contributed by atoms with E-state index in [1.54, 1.807) is 34.2 Å². The average molecular weight is 358 g/mol. The second kappa shape index (κ2) is 6.72. The summed E-state index contributed by atoms with van der Waals surface area (Å²) < 4.78 is 20.3. The van der Waals surface area contributed by atoms with Gasteiger partial charge in [-0.2, -0.15) is 0 Å². The Kier molecular flexibility index (Phi) is 4.27. The minimum atomic E-state index is -0.278. The highest BCUT2D eigenvalue weighted by molar-refractivity contribution is 8.00. The van der Waals surface area contributed by atoms with Crippen LogP contribution >= 0.6 is 11.8 Å². The average Bonchev–Trinajstić information content (AvgIpc) is 3.31. The molecule has 1 aliphatic rings. The lowest BCUT2D eigenvalue weighted by Gasteiger charge is -2.20. The van der Waals surface area contributed by atoms with Gasteiger partial charge in [-0.05, 0) is 29.8 Å². The Morgan fingerprint density at radius 2 is 2.20 bits per heavy atom. The summed E-state index contributed by atoms with van der Waals surface area (Å²) >= 11 is 1.51. The van der Waals surface area contributed by atoms with Crippen molar-refractivity contribution >= 4 is 17.7 Å². The molecule has 0 bridgehead atoms. The van der Waals surface area contributed by atoms with Crippen LogP contribution in [-0.2, 0) is 17.9 Å². The maximum Gasteiger partial charge on any atom is 0.234 e. The number of thioether (sulfide) groups is 1. The number of carbonyl (C=O) groups excluding carboxylic acids is 1. The molecule has 0 aliphatic carbocycles. The van der Waals surface area contributed by atoms with E-state index in [-0.39, 0.29) is 17.1 Å². The Labute approximate surface area is 147 Å². The van der Waals surface area contributed by atoms with Crippen LogP contribution in [0.5, 0.6) is 0 Å². The minimum Gasteiger partial charge on any atom is -0.467 e. The molecule has 0 spiro atoms. The molecule has 4 rings (SSSR count). The van der Waals surface area contributed by atoms with Gasteiger partial charge in [-0.25, -0.2) is 9.07 Å². The fraction of sp³-hybridized carbons (Fsp3) is 0.235. The van der Waals surface area contributed by atoms with Crippen molar-refractivity contribution in [1.82, 2.24) is 19.9 Å². The maximum absolute atomic E-state index is 13.3. The van der Waals surface area contributed by atoms with Gasteiger partial charge < -0.3 is 9.32 Å². The predicted molar refractivity (Wildman–Crippen MR) is 90.0 cm³/mol. The van der Waals surface area contributed by atoms with Gasteiger partial charge in [0.1, 0.15) is 22.6 Å². The zero-order valence-corrected chi connectivity index (χ0v) is 14.0. The van der Waals surface area contributed by atoms with Gasteiger partial charge in [0.2, 0.25) is 5.91 Å². The number of nitrogens with zero attached hydrogens (tertiary/aromatic N) is 4. The van der Waals surface area contributed by atoms with Crippen LogP contribution in [0.2, 0.25) is 0 Å². The topological polar surface area (TPSA) is 64.2 Å². The number of carbonyl (C=O) groups is 1. The first-order valence-electron chi connectivity index (χ1n) is 7.77. The van der Waals surface area contributed by atoms with Crippen molar-refractivity contribution in [2.24, 2.45) is 0 Å². The first kappa shape index (κ1) is 15.9. The van der Waals surface area contributed by atoms with Crippen molar-refractivity contribution in [2.75, 3.05) is 5.75 Å². The summed E-state index contributed by atoms with van der Waals surface area (Å²) in [4.78, 5) is 13.9. The number of benzene rings is 1. The molecule has 1 fully saturated rings. The Bertz CT molecular complexity index is 880. The van der Waals surface area contributed by atoms with Crippen molar-refractivity contribution < 1.29 is 13.6 Å². The molecule has 8 heteroatoms. The van der Waals surface area contributed by atoms with E-state index in [9.17, 15) is 9.18 Å². The fourth-order valence-electron chi connectivity index (χ4n) is 2.77. The zero-order valence-electron chi connectivity index (χ0n) is 13.2. The van der Waals surface area contributed by atoms with Crippen molar-refractivity contribution in [3.63, 3.8) is 0 Å². The molecule has 3 aromatic rings. The molecule has 1 atom stereocenters. The lowest BCUT2D eigenvalue weighted by molar-refractivity contribution is -0.128. The van der Waals surface area contributed by atoms with Gasteiger partial charge in [-0.1, -0.05) is 17.3 Å². The highest BCUT2D eigenvalue weighted by Gasteiger charge is 2.35. The van der Waals surface area contributed by atoms with Crippen molar-refractivity contribution in [3.8, 4) is 0 Å². The molecule has 0 unspecified atom stereocenters. The van der Waals surface area contributed by atoms with Gasteiger partial charge >= 0.3 is 0 Å². The molecule has 128 valence electrons. The second-order valence-corrected chi connectivity index (χ2v) is 6.80. The van der Waals surface area contributed by atoms with E-state index in [1.165, 1.54) is 23.9 Å². The van der Waals surface area contributed by atoms with E-state index in [2.05, 4.69) is 10.3 Å². The van der Waals surface area contributed by atoms with Gasteiger partial charge in [0.05, 0.1) is 31.3 Å². The van der Waals surface area contributed by atoms with E-state index in [0.717, 1.165) is 11.3 Å². The molecule has 1 amide bonds. The van der Waals surface area contributed by atoms with E-state index in [0.29, 0.717) is 24.5 Å². The van der Waals surface area contributed by atoms with Gasteiger partial charge in [0, 0.05) is 0 Å². The third-order valence-electron chi connectivity index (χ3n) is 3.92. The molecule has 25 heavy (non-hydrogen) atoms. The fourth-order valence-corrected chi connectivity index (χ4v) is 3.88. The summed E-state index contributed by atoms with van der Waals surface area (Å²) in [6.07, 6.45) is 3.39. The van der Waals surface area contributed by atoms with Crippen molar-refractivity contribution in [2.45, 2.75) is 18.5 Å². The summed E-state index contributed by atoms with van der Waals surface area (Å²) in [5.41, 5.74) is 1.51. The number of hydrogen-bond donors (Lipinski definition) is 0. The lowest BCUT2D eigenvalue weighted by atomic mass is 10.2. The highest BCUT2D eigenvalue weighted by atomic mass is 32.2. The molecule has 1 aliphatic heterocycles. The highest BCUT2D eigenvalue weighted by Crippen LogP contribution is 2.38. The van der Waals surface area contributed by atoms with Gasteiger partial charge in [0.25, 0.3) is 0 Å².